The zero-order valence-electron chi connectivity index (χ0n) is 16.3. The maximum atomic E-state index is 12.2. The molecule has 3 rings (SSSR count). The first kappa shape index (κ1) is 20.8. The number of esters is 1. The Morgan fingerprint density at radius 3 is 2.60 bits per heavy atom. The molecule has 0 fully saturated rings. The number of nitrogens with one attached hydrogen (secondary N) is 1. The van der Waals surface area contributed by atoms with Crippen LogP contribution in [0, 0.1) is 17.0 Å². The molecule has 1 atom stereocenters. The second kappa shape index (κ2) is 8.60. The van der Waals surface area contributed by atoms with Crippen molar-refractivity contribution in [3.63, 3.8) is 0 Å². The van der Waals surface area contributed by atoms with E-state index >= 15 is 0 Å². The lowest BCUT2D eigenvalue weighted by atomic mass is 10.1. The van der Waals surface area contributed by atoms with E-state index in [4.69, 9.17) is 9.15 Å². The van der Waals surface area contributed by atoms with Crippen LogP contribution < -0.4 is 11.1 Å². The predicted octanol–water partition coefficient (Wildman–Crippen LogP) is 2.06. The van der Waals surface area contributed by atoms with Crippen molar-refractivity contribution in [1.29, 1.82) is 0 Å². The van der Waals surface area contributed by atoms with Crippen LogP contribution in [0.1, 0.15) is 18.1 Å². The molecule has 0 aliphatic carbocycles. The highest BCUT2D eigenvalue weighted by Crippen LogP contribution is 2.20. The molecule has 0 saturated heterocycles. The van der Waals surface area contributed by atoms with Gasteiger partial charge in [-0.05, 0) is 25.5 Å². The number of nitrogens with zero attached hydrogens (tertiary/aromatic N) is 2. The number of nitro benzene ring substituents is 1. The third-order valence-electron chi connectivity index (χ3n) is 4.41. The highest BCUT2D eigenvalue weighted by Gasteiger charge is 2.21. The number of fused-ring (bicyclic) bond motifs is 1. The van der Waals surface area contributed by atoms with Crippen LogP contribution in [-0.2, 0) is 27.4 Å². The zero-order valence-corrected chi connectivity index (χ0v) is 16.3. The van der Waals surface area contributed by atoms with Gasteiger partial charge in [0, 0.05) is 12.6 Å². The lowest BCUT2D eigenvalue weighted by Crippen LogP contribution is -2.36. The smallest absolute Gasteiger partial charge is 0.420 e. The number of benzene rings is 2. The lowest BCUT2D eigenvalue weighted by Gasteiger charge is -2.13. The fourth-order valence-corrected chi connectivity index (χ4v) is 2.77. The predicted molar refractivity (Wildman–Crippen MR) is 106 cm³/mol. The Bertz CT molecular complexity index is 1160. The topological polar surface area (TPSA) is 134 Å². The Morgan fingerprint density at radius 2 is 1.93 bits per heavy atom. The maximum absolute atomic E-state index is 12.2. The molecule has 1 amide bonds. The molecule has 156 valence electrons. The summed E-state index contributed by atoms with van der Waals surface area (Å²) in [5.74, 6) is -2.17. The van der Waals surface area contributed by atoms with Crippen molar-refractivity contribution in [2.45, 2.75) is 33.0 Å². The molecule has 1 N–H and O–H groups in total. The van der Waals surface area contributed by atoms with Gasteiger partial charge in [0.15, 0.2) is 11.7 Å². The van der Waals surface area contributed by atoms with Crippen molar-refractivity contribution in [1.82, 2.24) is 9.88 Å². The average Bonchev–Trinajstić information content (AvgIpc) is 3.01. The van der Waals surface area contributed by atoms with Crippen LogP contribution >= 0.6 is 0 Å². The van der Waals surface area contributed by atoms with Gasteiger partial charge in [0.25, 0.3) is 11.6 Å². The van der Waals surface area contributed by atoms with Crippen LogP contribution in [0.15, 0.2) is 51.7 Å². The number of rotatable bonds is 7. The second-order valence-electron chi connectivity index (χ2n) is 6.70. The number of amides is 1. The first-order valence-corrected chi connectivity index (χ1v) is 9.05. The van der Waals surface area contributed by atoms with E-state index in [0.29, 0.717) is 0 Å². The molecule has 10 heteroatoms. The molecule has 0 aliphatic heterocycles. The average molecular weight is 413 g/mol. The van der Waals surface area contributed by atoms with Crippen molar-refractivity contribution in [3.05, 3.63) is 74.3 Å². The number of carbonyl (C=O) groups excluding carboxylic acids is 2. The molecule has 1 aromatic heterocycles. The van der Waals surface area contributed by atoms with Crippen LogP contribution in [0.4, 0.5) is 5.69 Å². The number of hydrogen-bond donors (Lipinski definition) is 1. The van der Waals surface area contributed by atoms with Gasteiger partial charge >= 0.3 is 11.7 Å². The molecule has 3 aromatic rings. The van der Waals surface area contributed by atoms with E-state index in [1.165, 1.54) is 19.1 Å². The van der Waals surface area contributed by atoms with Gasteiger partial charge in [0.2, 0.25) is 0 Å². The minimum Gasteiger partial charge on any atom is -0.451 e. The summed E-state index contributed by atoms with van der Waals surface area (Å²) in [6.45, 7) is 3.16. The zero-order chi connectivity index (χ0) is 21.8. The van der Waals surface area contributed by atoms with E-state index in [1.54, 1.807) is 0 Å². The minimum atomic E-state index is -1.07. The standard InChI is InChI=1S/C20H19N3O7/c1-12-3-5-14(6-4-12)10-21-19(25)13(2)29-18(24)11-22-16-8-7-15(23(27)28)9-17(16)30-20(22)26/h3-9,13H,10-11H2,1-2H3,(H,21,25)/t13-/m1/s1. The summed E-state index contributed by atoms with van der Waals surface area (Å²) in [5.41, 5.74) is 1.94. The van der Waals surface area contributed by atoms with Gasteiger partial charge < -0.3 is 14.5 Å². The Morgan fingerprint density at radius 1 is 1.23 bits per heavy atom. The molecule has 0 unspecified atom stereocenters. The Kier molecular flexibility index (Phi) is 5.95. The number of non-ortho nitro benzene ring substituents is 1. The number of oxazole rings is 1. The summed E-state index contributed by atoms with van der Waals surface area (Å²) in [6.07, 6.45) is -1.07. The highest BCUT2D eigenvalue weighted by atomic mass is 16.6. The molecular formula is C20H19N3O7. The van der Waals surface area contributed by atoms with Gasteiger partial charge in [-0.1, -0.05) is 29.8 Å². The van der Waals surface area contributed by atoms with Crippen molar-refractivity contribution in [3.8, 4) is 0 Å². The van der Waals surface area contributed by atoms with E-state index in [9.17, 15) is 24.5 Å². The van der Waals surface area contributed by atoms with Gasteiger partial charge in [-0.3, -0.25) is 24.3 Å². The summed E-state index contributed by atoms with van der Waals surface area (Å²) in [6, 6.07) is 11.2. The number of hydrogen-bond acceptors (Lipinski definition) is 7. The summed E-state index contributed by atoms with van der Waals surface area (Å²) in [4.78, 5) is 46.6. The van der Waals surface area contributed by atoms with Gasteiger partial charge in [0.05, 0.1) is 16.5 Å². The molecule has 2 aromatic carbocycles. The van der Waals surface area contributed by atoms with Crippen LogP contribution in [0.3, 0.4) is 0 Å². The quantitative estimate of drug-likeness (QED) is 0.356. The van der Waals surface area contributed by atoms with E-state index in [0.717, 1.165) is 21.8 Å². The first-order chi connectivity index (χ1) is 14.2. The highest BCUT2D eigenvalue weighted by molar-refractivity contribution is 5.84. The Hall–Kier alpha value is -3.95. The Labute approximate surface area is 170 Å². The van der Waals surface area contributed by atoms with E-state index in [1.807, 2.05) is 31.2 Å². The Balaban J connectivity index is 1.61. The van der Waals surface area contributed by atoms with Crippen molar-refractivity contribution < 1.29 is 23.7 Å². The molecule has 0 saturated carbocycles. The normalized spacial score (nSPS) is 11.8. The summed E-state index contributed by atoms with van der Waals surface area (Å²) in [5, 5.41) is 13.5. The van der Waals surface area contributed by atoms with E-state index in [2.05, 4.69) is 5.32 Å². The molecule has 0 bridgehead atoms. The number of aryl methyl sites for hydroxylation is 1. The van der Waals surface area contributed by atoms with Crippen molar-refractivity contribution in [2.75, 3.05) is 0 Å². The third-order valence-corrected chi connectivity index (χ3v) is 4.41. The van der Waals surface area contributed by atoms with Crippen molar-refractivity contribution >= 4 is 28.7 Å². The molecule has 10 nitrogen and oxygen atoms in total. The first-order valence-electron chi connectivity index (χ1n) is 9.05. The number of nitro groups is 1. The van der Waals surface area contributed by atoms with Gasteiger partial charge in [-0.15, -0.1) is 0 Å². The number of aromatic nitrogens is 1. The molecule has 0 spiro atoms. The maximum Gasteiger partial charge on any atom is 0.420 e. The van der Waals surface area contributed by atoms with Gasteiger partial charge in [-0.2, -0.15) is 0 Å². The van der Waals surface area contributed by atoms with Crippen LogP contribution in [0.5, 0.6) is 0 Å². The fraction of sp³-hybridized carbons (Fsp3) is 0.250. The van der Waals surface area contributed by atoms with Crippen molar-refractivity contribution in [2.24, 2.45) is 0 Å². The second-order valence-corrected chi connectivity index (χ2v) is 6.70. The van der Waals surface area contributed by atoms with E-state index in [-0.39, 0.29) is 23.3 Å². The molecule has 0 radical (unpaired) electrons. The monoisotopic (exact) mass is 413 g/mol. The fourth-order valence-electron chi connectivity index (χ4n) is 2.77. The largest absolute Gasteiger partial charge is 0.451 e. The summed E-state index contributed by atoms with van der Waals surface area (Å²) < 4.78 is 11.0. The van der Waals surface area contributed by atoms with Crippen LogP contribution in [-0.4, -0.2) is 27.5 Å². The molecule has 30 heavy (non-hydrogen) atoms. The number of carbonyl (C=O) groups is 2. The van der Waals surface area contributed by atoms with Crippen LogP contribution in [0.25, 0.3) is 11.1 Å². The third kappa shape index (κ3) is 4.72. The number of ether oxygens (including phenoxy) is 1. The SMILES string of the molecule is Cc1ccc(CNC(=O)[C@@H](C)OC(=O)Cn2c(=O)oc3cc([N+](=O)[O-])ccc32)cc1. The van der Waals surface area contributed by atoms with E-state index < -0.39 is 35.2 Å². The minimum absolute atomic E-state index is 0.0223. The molecular weight excluding hydrogens is 394 g/mol. The summed E-state index contributed by atoms with van der Waals surface area (Å²) in [7, 11) is 0. The van der Waals surface area contributed by atoms with Gasteiger partial charge in [0.1, 0.15) is 6.54 Å². The molecule has 0 aliphatic rings. The lowest BCUT2D eigenvalue weighted by molar-refractivity contribution is -0.384. The molecule has 1 heterocycles. The van der Waals surface area contributed by atoms with Gasteiger partial charge in [-0.25, -0.2) is 4.79 Å². The summed E-state index contributed by atoms with van der Waals surface area (Å²) >= 11 is 0. The van der Waals surface area contributed by atoms with Crippen LogP contribution in [0.2, 0.25) is 0 Å².